The minimum atomic E-state index is -0.231. The fraction of sp³-hybridized carbons (Fsp3) is 0.308. The number of nitrogens with two attached hydrogens (primary N) is 1. The minimum absolute atomic E-state index is 0.231. The Morgan fingerprint density at radius 3 is 2.71 bits per heavy atom. The van der Waals surface area contributed by atoms with Gasteiger partial charge in [0.25, 0.3) is 0 Å². The molecule has 90 valence electrons. The van der Waals surface area contributed by atoms with Crippen LogP contribution < -0.4 is 5.73 Å². The lowest BCUT2D eigenvalue weighted by Crippen LogP contribution is -2.13. The first-order valence-corrected chi connectivity index (χ1v) is 5.69. The summed E-state index contributed by atoms with van der Waals surface area (Å²) >= 11 is 0. The molecule has 17 heavy (non-hydrogen) atoms. The first-order valence-electron chi connectivity index (χ1n) is 5.69. The fourth-order valence-electron chi connectivity index (χ4n) is 1.66. The molecule has 0 aliphatic rings. The topological polar surface area (TPSA) is 54.7 Å². The molecule has 2 rings (SSSR count). The van der Waals surface area contributed by atoms with Gasteiger partial charge in [-0.1, -0.05) is 6.92 Å². The molecule has 4 heteroatoms. The summed E-state index contributed by atoms with van der Waals surface area (Å²) in [6.45, 7) is 2.73. The molecule has 3 N–H and O–H groups in total. The Bertz CT molecular complexity index is 476. The number of nitrogens with zero attached hydrogens (tertiary/aromatic N) is 1. The zero-order valence-electron chi connectivity index (χ0n) is 9.78. The van der Waals surface area contributed by atoms with Crippen molar-refractivity contribution in [3.05, 3.63) is 42.1 Å². The van der Waals surface area contributed by atoms with Crippen LogP contribution in [0.2, 0.25) is 0 Å². The molecule has 0 aliphatic heterocycles. The quantitative estimate of drug-likeness (QED) is 0.851. The van der Waals surface area contributed by atoms with Gasteiger partial charge in [0.1, 0.15) is 11.6 Å². The summed E-state index contributed by atoms with van der Waals surface area (Å²) in [5.41, 5.74) is 7.41. The van der Waals surface area contributed by atoms with Gasteiger partial charge in [0.05, 0.1) is 11.9 Å². The third-order valence-corrected chi connectivity index (χ3v) is 2.73. The second-order valence-electron chi connectivity index (χ2n) is 4.30. The van der Waals surface area contributed by atoms with Gasteiger partial charge in [-0.3, -0.25) is 0 Å². The van der Waals surface area contributed by atoms with E-state index in [4.69, 9.17) is 5.73 Å². The number of halogens is 1. The maximum atomic E-state index is 12.8. The number of hydrogen-bond donors (Lipinski definition) is 2. The molecule has 1 aromatic heterocycles. The molecule has 1 unspecified atom stereocenters. The average Bonchev–Trinajstić information content (AvgIpc) is 2.78. The number of imidazole rings is 1. The summed E-state index contributed by atoms with van der Waals surface area (Å²) in [4.78, 5) is 7.52. The van der Waals surface area contributed by atoms with Crippen molar-refractivity contribution in [2.24, 2.45) is 11.7 Å². The smallest absolute Gasteiger partial charge is 0.123 e. The van der Waals surface area contributed by atoms with E-state index in [1.807, 2.05) is 0 Å². The second kappa shape index (κ2) is 5.10. The summed E-state index contributed by atoms with van der Waals surface area (Å²) < 4.78 is 12.8. The monoisotopic (exact) mass is 233 g/mol. The molecule has 0 aliphatic carbocycles. The Morgan fingerprint density at radius 2 is 2.06 bits per heavy atom. The number of rotatable bonds is 4. The Morgan fingerprint density at radius 1 is 1.35 bits per heavy atom. The van der Waals surface area contributed by atoms with Crippen LogP contribution >= 0.6 is 0 Å². The Balaban J connectivity index is 2.15. The van der Waals surface area contributed by atoms with E-state index in [2.05, 4.69) is 16.9 Å². The molecule has 0 saturated carbocycles. The van der Waals surface area contributed by atoms with Crippen LogP contribution in [0.25, 0.3) is 11.3 Å². The van der Waals surface area contributed by atoms with E-state index in [0.29, 0.717) is 12.5 Å². The molecular weight excluding hydrogens is 217 g/mol. The van der Waals surface area contributed by atoms with Crippen LogP contribution in [0, 0.1) is 11.7 Å². The van der Waals surface area contributed by atoms with Gasteiger partial charge in [-0.25, -0.2) is 9.37 Å². The van der Waals surface area contributed by atoms with Crippen LogP contribution in [0.5, 0.6) is 0 Å². The molecule has 0 fully saturated rings. The molecule has 3 nitrogen and oxygen atoms in total. The third-order valence-electron chi connectivity index (χ3n) is 2.73. The van der Waals surface area contributed by atoms with Gasteiger partial charge >= 0.3 is 0 Å². The maximum Gasteiger partial charge on any atom is 0.123 e. The summed E-state index contributed by atoms with van der Waals surface area (Å²) in [5, 5.41) is 0. The van der Waals surface area contributed by atoms with Gasteiger partial charge in [-0.05, 0) is 42.3 Å². The van der Waals surface area contributed by atoms with Crippen molar-refractivity contribution in [3.8, 4) is 11.3 Å². The predicted molar refractivity (Wildman–Crippen MR) is 65.9 cm³/mol. The molecule has 0 bridgehead atoms. The van der Waals surface area contributed by atoms with Crippen molar-refractivity contribution >= 4 is 0 Å². The number of H-pyrrole nitrogens is 1. The van der Waals surface area contributed by atoms with Crippen molar-refractivity contribution in [2.45, 2.75) is 13.3 Å². The Labute approximate surface area is 99.9 Å². The molecular formula is C13H16FN3. The van der Waals surface area contributed by atoms with E-state index in [0.717, 1.165) is 23.5 Å². The van der Waals surface area contributed by atoms with Crippen molar-refractivity contribution < 1.29 is 4.39 Å². The van der Waals surface area contributed by atoms with Crippen LogP contribution in [0.15, 0.2) is 30.5 Å². The number of benzene rings is 1. The molecule has 0 spiro atoms. The molecule has 2 aromatic rings. The number of aromatic amines is 1. The van der Waals surface area contributed by atoms with Crippen LogP contribution in [0.1, 0.15) is 12.7 Å². The standard InChI is InChI=1S/C13H16FN3/c1-9(7-15)6-13-16-8-12(17-13)10-2-4-11(14)5-3-10/h2-5,8-9H,6-7,15H2,1H3,(H,16,17). The van der Waals surface area contributed by atoms with E-state index in [9.17, 15) is 4.39 Å². The van der Waals surface area contributed by atoms with Crippen molar-refractivity contribution in [2.75, 3.05) is 6.54 Å². The Kier molecular flexibility index (Phi) is 3.54. The zero-order chi connectivity index (χ0) is 12.3. The highest BCUT2D eigenvalue weighted by Gasteiger charge is 2.06. The maximum absolute atomic E-state index is 12.8. The lowest BCUT2D eigenvalue weighted by molar-refractivity contribution is 0.577. The molecule has 0 amide bonds. The molecule has 0 radical (unpaired) electrons. The average molecular weight is 233 g/mol. The van der Waals surface area contributed by atoms with E-state index in [1.165, 1.54) is 12.1 Å². The van der Waals surface area contributed by atoms with Gasteiger partial charge in [0.15, 0.2) is 0 Å². The summed E-state index contributed by atoms with van der Waals surface area (Å²) in [5.74, 6) is 1.09. The predicted octanol–water partition coefficient (Wildman–Crippen LogP) is 2.35. The summed E-state index contributed by atoms with van der Waals surface area (Å²) in [7, 11) is 0. The molecule has 1 aromatic carbocycles. The Hall–Kier alpha value is -1.68. The highest BCUT2D eigenvalue weighted by Crippen LogP contribution is 2.18. The first kappa shape index (κ1) is 11.8. The van der Waals surface area contributed by atoms with Gasteiger partial charge in [0.2, 0.25) is 0 Å². The SMILES string of the molecule is CC(CN)Cc1ncc(-c2ccc(F)cc2)[nH]1. The third kappa shape index (κ3) is 2.91. The fourth-order valence-corrected chi connectivity index (χ4v) is 1.66. The normalized spacial score (nSPS) is 12.6. The summed E-state index contributed by atoms with van der Waals surface area (Å²) in [6.07, 6.45) is 2.60. The van der Waals surface area contributed by atoms with Crippen LogP contribution in [0.4, 0.5) is 4.39 Å². The van der Waals surface area contributed by atoms with E-state index >= 15 is 0 Å². The van der Waals surface area contributed by atoms with Gasteiger partial charge < -0.3 is 10.7 Å². The van der Waals surface area contributed by atoms with E-state index in [1.54, 1.807) is 18.3 Å². The van der Waals surface area contributed by atoms with E-state index < -0.39 is 0 Å². The first-order chi connectivity index (χ1) is 8.19. The zero-order valence-corrected chi connectivity index (χ0v) is 9.78. The molecule has 0 saturated heterocycles. The molecule has 1 atom stereocenters. The number of hydrogen-bond acceptors (Lipinski definition) is 2. The highest BCUT2D eigenvalue weighted by atomic mass is 19.1. The van der Waals surface area contributed by atoms with Gasteiger partial charge in [0, 0.05) is 6.42 Å². The van der Waals surface area contributed by atoms with E-state index in [-0.39, 0.29) is 5.82 Å². The van der Waals surface area contributed by atoms with Crippen molar-refractivity contribution in [1.82, 2.24) is 9.97 Å². The lowest BCUT2D eigenvalue weighted by Gasteiger charge is -2.04. The van der Waals surface area contributed by atoms with Crippen LogP contribution in [-0.4, -0.2) is 16.5 Å². The van der Waals surface area contributed by atoms with Crippen LogP contribution in [-0.2, 0) is 6.42 Å². The van der Waals surface area contributed by atoms with Gasteiger partial charge in [-0.15, -0.1) is 0 Å². The highest BCUT2D eigenvalue weighted by molar-refractivity contribution is 5.58. The second-order valence-corrected chi connectivity index (χ2v) is 4.30. The van der Waals surface area contributed by atoms with Gasteiger partial charge in [-0.2, -0.15) is 0 Å². The minimum Gasteiger partial charge on any atom is -0.342 e. The number of nitrogens with one attached hydrogen (secondary N) is 1. The largest absolute Gasteiger partial charge is 0.342 e. The summed E-state index contributed by atoms with van der Waals surface area (Å²) in [6, 6.07) is 6.36. The van der Waals surface area contributed by atoms with Crippen LogP contribution in [0.3, 0.4) is 0 Å². The lowest BCUT2D eigenvalue weighted by atomic mass is 10.1. The van der Waals surface area contributed by atoms with Crippen molar-refractivity contribution in [1.29, 1.82) is 0 Å². The van der Waals surface area contributed by atoms with Crippen molar-refractivity contribution in [3.63, 3.8) is 0 Å². The number of aromatic nitrogens is 2. The molecule has 1 heterocycles.